The second-order valence-corrected chi connectivity index (χ2v) is 24.4. The molecule has 0 aromatic heterocycles. The van der Waals surface area contributed by atoms with Gasteiger partial charge in [0.15, 0.2) is 0 Å². The van der Waals surface area contributed by atoms with E-state index in [0.29, 0.717) is 11.1 Å². The summed E-state index contributed by atoms with van der Waals surface area (Å²) in [7, 11) is 0. The van der Waals surface area contributed by atoms with Gasteiger partial charge in [-0.05, 0) is 0 Å². The number of halogens is 8. The van der Waals surface area contributed by atoms with Crippen LogP contribution >= 0.6 is 0 Å². The van der Waals surface area contributed by atoms with Crippen molar-refractivity contribution in [3.8, 4) is 11.1 Å². The smallest absolute Gasteiger partial charge is 1.00 e. The van der Waals surface area contributed by atoms with E-state index < -0.39 is 44.7 Å². The molecule has 0 spiro atoms. The van der Waals surface area contributed by atoms with Gasteiger partial charge < -0.3 is 24.8 Å². The molecule has 0 heterocycles. The number of hydrogen-bond acceptors (Lipinski definition) is 0. The average molecular weight is 919 g/mol. The van der Waals surface area contributed by atoms with Gasteiger partial charge in [-0.1, -0.05) is 0 Å². The minimum absolute atomic E-state index is 0. The van der Waals surface area contributed by atoms with E-state index in [4.69, 9.17) is 0 Å². The molecule has 0 radical (unpaired) electrons. The molecule has 6 rings (SSSR count). The molecule has 2 aliphatic carbocycles. The van der Waals surface area contributed by atoms with Crippen LogP contribution in [-0.4, -0.2) is 3.21 Å². The number of fused-ring (bicyclic) bond motifs is 3. The third kappa shape index (κ3) is 9.90. The molecule has 2 aliphatic rings. The van der Waals surface area contributed by atoms with E-state index in [1.54, 1.807) is 24.3 Å². The molecule has 58 heavy (non-hydrogen) atoms. The van der Waals surface area contributed by atoms with Gasteiger partial charge in [0, 0.05) is 0 Å². The van der Waals surface area contributed by atoms with Crippen molar-refractivity contribution in [3.05, 3.63) is 144 Å². The Balaban J connectivity index is 0.00000372. The molecule has 0 saturated heterocycles. The third-order valence-electron chi connectivity index (χ3n) is 11.4. The van der Waals surface area contributed by atoms with Crippen LogP contribution in [0.4, 0.5) is 26.3 Å². The molecule has 4 aromatic carbocycles. The summed E-state index contributed by atoms with van der Waals surface area (Å²) in [6, 6.07) is 22.0. The first-order chi connectivity index (χ1) is 25.9. The first kappa shape index (κ1) is 47.9. The Morgan fingerprint density at radius 2 is 1.12 bits per heavy atom. The first-order valence-corrected chi connectivity index (χ1v) is 23.4. The molecular weight excluding hydrogens is 865 g/mol. The summed E-state index contributed by atoms with van der Waals surface area (Å²) in [5.74, 6) is 0.109. The molecule has 0 amide bonds. The minimum atomic E-state index is -4.53. The van der Waals surface area contributed by atoms with E-state index in [9.17, 15) is 26.3 Å². The summed E-state index contributed by atoms with van der Waals surface area (Å²) in [5.41, 5.74) is 7.81. The largest absolute Gasteiger partial charge is 1.00 e. The molecule has 0 aliphatic heterocycles. The fourth-order valence-electron chi connectivity index (χ4n) is 8.19. The molecular formula is C49H54Cl2F6Zr. The van der Waals surface area contributed by atoms with Crippen LogP contribution in [0.5, 0.6) is 0 Å². The molecule has 4 aromatic rings. The van der Waals surface area contributed by atoms with Crippen LogP contribution in [-0.2, 0) is 50.9 Å². The fourth-order valence-corrected chi connectivity index (χ4v) is 17.7. The maximum atomic E-state index is 14.0. The van der Waals surface area contributed by atoms with Gasteiger partial charge in [-0.15, -0.1) is 0 Å². The Hall–Kier alpha value is -2.73. The van der Waals surface area contributed by atoms with Gasteiger partial charge in [0.1, 0.15) is 0 Å². The summed E-state index contributed by atoms with van der Waals surface area (Å²) in [6.45, 7) is 22.1. The molecule has 0 fully saturated rings. The van der Waals surface area contributed by atoms with Crippen molar-refractivity contribution in [2.24, 2.45) is 11.3 Å². The zero-order valence-corrected chi connectivity index (χ0v) is 39.1. The Labute approximate surface area is 361 Å². The molecule has 1 unspecified atom stereocenters. The maximum Gasteiger partial charge on any atom is -1.00 e. The normalized spacial score (nSPS) is 15.3. The van der Waals surface area contributed by atoms with Gasteiger partial charge in [0.25, 0.3) is 0 Å². The average Bonchev–Trinajstić information content (AvgIpc) is 3.69. The number of hydrogen-bond donors (Lipinski definition) is 0. The number of rotatable bonds is 7. The number of benzene rings is 4. The van der Waals surface area contributed by atoms with Crippen molar-refractivity contribution in [3.63, 3.8) is 0 Å². The second-order valence-electron chi connectivity index (χ2n) is 18.7. The molecule has 0 saturated carbocycles. The topological polar surface area (TPSA) is 0 Å². The van der Waals surface area contributed by atoms with Crippen molar-refractivity contribution < 1.29 is 72.4 Å². The minimum Gasteiger partial charge on any atom is -1.00 e. The van der Waals surface area contributed by atoms with Crippen molar-refractivity contribution >= 4 is 6.48 Å². The molecule has 310 valence electrons. The van der Waals surface area contributed by atoms with E-state index in [1.165, 1.54) is 45.5 Å². The molecule has 9 heteroatoms. The zero-order chi connectivity index (χ0) is 41.2. The van der Waals surface area contributed by atoms with Crippen LogP contribution in [0.25, 0.3) is 11.1 Å². The Morgan fingerprint density at radius 3 is 1.57 bits per heavy atom. The summed E-state index contributed by atoms with van der Waals surface area (Å²) < 4.78 is 87.8. The summed E-state index contributed by atoms with van der Waals surface area (Å²) in [6.07, 6.45) is -0.613. The standard InChI is InChI=1S/C21H25.C15H8F6.C13H21.2ClH.Zr/c1-20(2,3)16-7-9-18-14(12-16)11-15-13-17(21(4,5)6)8-10-19(15)18;16-14(17,18)12-5-1-10(2-6-12)9-11-3-7-13(8-4-11)15(19,20)21;1-5-6-7-11-8-9-12(10-11)13(2,3)4;;;/h7-10,12H,11H2,1-6H3;1-8H;9-11H,5-7H2,1-4H3;2*1H;/q;;;;;+2/p-2. The van der Waals surface area contributed by atoms with E-state index in [-0.39, 0.29) is 47.0 Å². The number of alkyl halides is 6. The Morgan fingerprint density at radius 1 is 0.621 bits per heavy atom. The van der Waals surface area contributed by atoms with Crippen LogP contribution in [0.15, 0.2) is 99.9 Å². The van der Waals surface area contributed by atoms with Crippen LogP contribution in [0.2, 0.25) is 0 Å². The van der Waals surface area contributed by atoms with Crippen LogP contribution in [0.3, 0.4) is 0 Å². The van der Waals surface area contributed by atoms with Gasteiger partial charge in [-0.25, -0.2) is 0 Å². The fraction of sp³-hybridized carbons (Fsp3) is 0.408. The van der Waals surface area contributed by atoms with E-state index in [2.05, 4.69) is 112 Å². The molecule has 0 bridgehead atoms. The summed E-state index contributed by atoms with van der Waals surface area (Å²) in [4.78, 5) is 0. The van der Waals surface area contributed by atoms with Crippen molar-refractivity contribution in [1.82, 2.24) is 0 Å². The predicted octanol–water partition coefficient (Wildman–Crippen LogP) is 8.09. The Bertz CT molecular complexity index is 2160. The first-order valence-electron chi connectivity index (χ1n) is 19.7. The number of allylic oxidation sites excluding steroid dienone is 4. The molecule has 1 atom stereocenters. The zero-order valence-electron chi connectivity index (χ0n) is 35.1. The van der Waals surface area contributed by atoms with E-state index in [0.717, 1.165) is 53.2 Å². The quantitative estimate of drug-likeness (QED) is 0.145. The van der Waals surface area contributed by atoms with Gasteiger partial charge in [-0.3, -0.25) is 0 Å². The number of unbranched alkanes of at least 4 members (excludes halogenated alkanes) is 1. The van der Waals surface area contributed by atoms with Crippen LogP contribution in [0.1, 0.15) is 133 Å². The van der Waals surface area contributed by atoms with Crippen LogP contribution in [0, 0.1) is 11.3 Å². The van der Waals surface area contributed by atoms with Gasteiger partial charge in [0.05, 0.1) is 0 Å². The second kappa shape index (κ2) is 17.3. The van der Waals surface area contributed by atoms with Crippen molar-refractivity contribution in [1.29, 1.82) is 0 Å². The summed E-state index contributed by atoms with van der Waals surface area (Å²) >= 11 is -3.67. The SMILES string of the molecule is CCCCC1C=C(C(C)(C)C)C=[C]1[Zr+2](=[C](c1ccc(C(F)(F)F)cc1)c1ccc(C(F)(F)F)cc1)[c]1c(C(C)(C)C)ccc2c1Cc1cc(C(C)(C)C)ccc1-2.[Cl-].[Cl-]. The van der Waals surface area contributed by atoms with Crippen LogP contribution < -0.4 is 28.1 Å². The monoisotopic (exact) mass is 916 g/mol. The van der Waals surface area contributed by atoms with Crippen molar-refractivity contribution in [2.75, 3.05) is 0 Å². The predicted molar refractivity (Wildman–Crippen MR) is 216 cm³/mol. The van der Waals surface area contributed by atoms with Gasteiger partial charge in [0.2, 0.25) is 0 Å². The van der Waals surface area contributed by atoms with Gasteiger partial charge in [-0.2, -0.15) is 0 Å². The maximum absolute atomic E-state index is 14.0. The summed E-state index contributed by atoms with van der Waals surface area (Å²) in [5, 5.41) is 0. The van der Waals surface area contributed by atoms with Crippen molar-refractivity contribution in [2.45, 2.75) is 118 Å². The Kier molecular flexibility index (Phi) is 14.3. The molecule has 0 nitrogen and oxygen atoms in total. The van der Waals surface area contributed by atoms with E-state index >= 15 is 0 Å². The molecule has 0 N–H and O–H groups in total. The van der Waals surface area contributed by atoms with Gasteiger partial charge >= 0.3 is 339 Å². The third-order valence-corrected chi connectivity index (χ3v) is 19.3. The van der Waals surface area contributed by atoms with E-state index in [1.807, 2.05) is 0 Å².